The fraction of sp³-hybridized carbons (Fsp3) is 0.333. The molecule has 2 heterocycles. The third-order valence-corrected chi connectivity index (χ3v) is 6.30. The van der Waals surface area contributed by atoms with Crippen LogP contribution in [0.4, 0.5) is 0 Å². The highest BCUT2D eigenvalue weighted by molar-refractivity contribution is 7.18. The van der Waals surface area contributed by atoms with Crippen LogP contribution in [-0.4, -0.2) is 31.1 Å². The minimum absolute atomic E-state index is 0.0731. The van der Waals surface area contributed by atoms with Gasteiger partial charge < -0.3 is 15.0 Å². The summed E-state index contributed by atoms with van der Waals surface area (Å²) in [6, 6.07) is 16.3. The van der Waals surface area contributed by atoms with E-state index in [1.807, 2.05) is 30.3 Å². The second kappa shape index (κ2) is 8.06. The fourth-order valence-electron chi connectivity index (χ4n) is 3.77. The third kappa shape index (κ3) is 3.96. The predicted octanol–water partition coefficient (Wildman–Crippen LogP) is 2.34. The lowest BCUT2D eigenvalue weighted by Crippen LogP contribution is -3.11. The Hall–Kier alpha value is -2.44. The number of likely N-dealkylation sites (tertiary alicyclic amines) is 1. The van der Waals surface area contributed by atoms with E-state index in [4.69, 9.17) is 9.72 Å². The smallest absolute Gasteiger partial charge is 0.275 e. The molecule has 2 atom stereocenters. The summed E-state index contributed by atoms with van der Waals surface area (Å²) in [6.07, 6.45) is 2.23. The lowest BCUT2D eigenvalue weighted by atomic mass is 10.2. The molecule has 1 aromatic heterocycles. The van der Waals surface area contributed by atoms with Crippen LogP contribution >= 0.6 is 11.3 Å². The molecular formula is C21H24N3O2S+. The van der Waals surface area contributed by atoms with Crippen LogP contribution in [0.1, 0.15) is 29.5 Å². The summed E-state index contributed by atoms with van der Waals surface area (Å²) >= 11 is 1.76. The zero-order valence-corrected chi connectivity index (χ0v) is 16.2. The number of carbonyl (C=O) groups is 1. The first-order valence-corrected chi connectivity index (χ1v) is 10.1. The number of ether oxygens (including phenoxy) is 1. The van der Waals surface area contributed by atoms with Gasteiger partial charge >= 0.3 is 0 Å². The quantitative estimate of drug-likeness (QED) is 0.688. The molecule has 0 aliphatic carbocycles. The summed E-state index contributed by atoms with van der Waals surface area (Å²) in [7, 11) is 1.65. The number of quaternary nitrogens is 1. The van der Waals surface area contributed by atoms with Gasteiger partial charge in [-0.15, -0.1) is 11.3 Å². The van der Waals surface area contributed by atoms with Gasteiger partial charge in [-0.25, -0.2) is 4.98 Å². The van der Waals surface area contributed by atoms with Gasteiger partial charge in [-0.3, -0.25) is 4.79 Å². The number of carbonyl (C=O) groups excluding carboxylic acids is 1. The van der Waals surface area contributed by atoms with Crippen molar-refractivity contribution in [2.24, 2.45) is 0 Å². The Kier molecular flexibility index (Phi) is 5.36. The Morgan fingerprint density at radius 3 is 2.93 bits per heavy atom. The molecule has 27 heavy (non-hydrogen) atoms. The van der Waals surface area contributed by atoms with Crippen molar-refractivity contribution >= 4 is 27.5 Å². The molecule has 0 radical (unpaired) electrons. The zero-order chi connectivity index (χ0) is 18.6. The van der Waals surface area contributed by atoms with Crippen LogP contribution < -0.4 is 15.0 Å². The van der Waals surface area contributed by atoms with E-state index in [1.165, 1.54) is 9.60 Å². The van der Waals surface area contributed by atoms with Crippen molar-refractivity contribution in [2.45, 2.75) is 25.4 Å². The Labute approximate surface area is 163 Å². The van der Waals surface area contributed by atoms with Gasteiger partial charge in [-0.2, -0.15) is 0 Å². The van der Waals surface area contributed by atoms with Crippen molar-refractivity contribution in [1.29, 1.82) is 0 Å². The number of methoxy groups -OCH3 is 1. The lowest BCUT2D eigenvalue weighted by molar-refractivity contribution is -0.910. The van der Waals surface area contributed by atoms with Crippen molar-refractivity contribution < 1.29 is 14.4 Å². The number of amides is 1. The predicted molar refractivity (Wildman–Crippen MR) is 107 cm³/mol. The van der Waals surface area contributed by atoms with Crippen molar-refractivity contribution in [3.63, 3.8) is 0 Å². The van der Waals surface area contributed by atoms with Crippen molar-refractivity contribution in [3.8, 4) is 5.75 Å². The monoisotopic (exact) mass is 382 g/mol. The second-order valence-corrected chi connectivity index (χ2v) is 7.95. The molecule has 4 rings (SSSR count). The number of hydrogen-bond donors (Lipinski definition) is 2. The molecule has 1 unspecified atom stereocenters. The summed E-state index contributed by atoms with van der Waals surface area (Å²) in [5, 5.41) is 4.20. The average Bonchev–Trinajstić information content (AvgIpc) is 3.32. The lowest BCUT2D eigenvalue weighted by Gasteiger charge is -2.19. The molecule has 0 bridgehead atoms. The van der Waals surface area contributed by atoms with Crippen LogP contribution in [0.15, 0.2) is 48.5 Å². The number of thiazole rings is 1. The summed E-state index contributed by atoms with van der Waals surface area (Å²) in [5.41, 5.74) is 2.05. The van der Waals surface area contributed by atoms with Crippen molar-refractivity contribution in [3.05, 3.63) is 59.1 Å². The molecule has 2 N–H and O–H groups in total. The Morgan fingerprint density at radius 2 is 2.07 bits per heavy atom. The molecular weight excluding hydrogens is 358 g/mol. The number of aromatic nitrogens is 1. The number of nitrogens with one attached hydrogen (secondary N) is 2. The summed E-state index contributed by atoms with van der Waals surface area (Å²) in [6.45, 7) is 1.99. The molecule has 1 amide bonds. The minimum Gasteiger partial charge on any atom is -0.496 e. The van der Waals surface area contributed by atoms with Gasteiger partial charge in [0.15, 0.2) is 11.6 Å². The number of hydrogen-bond acceptors (Lipinski definition) is 4. The van der Waals surface area contributed by atoms with Crippen LogP contribution in [0.3, 0.4) is 0 Å². The first-order valence-electron chi connectivity index (χ1n) is 9.33. The van der Waals surface area contributed by atoms with Crippen LogP contribution in [-0.2, 0) is 11.3 Å². The zero-order valence-electron chi connectivity index (χ0n) is 15.4. The van der Waals surface area contributed by atoms with Gasteiger partial charge in [0.2, 0.25) is 0 Å². The molecule has 3 aromatic rings. The normalized spacial score (nSPS) is 19.3. The van der Waals surface area contributed by atoms with Gasteiger partial charge in [0, 0.05) is 24.9 Å². The van der Waals surface area contributed by atoms with E-state index in [9.17, 15) is 4.79 Å². The number of benzene rings is 2. The number of para-hydroxylation sites is 2. The summed E-state index contributed by atoms with van der Waals surface area (Å²) in [5.74, 6) is 0.877. The van der Waals surface area contributed by atoms with Crippen LogP contribution in [0.2, 0.25) is 0 Å². The second-order valence-electron chi connectivity index (χ2n) is 6.89. The van der Waals surface area contributed by atoms with E-state index in [0.717, 1.165) is 41.2 Å². The SMILES string of the molecule is COc1ccccc1CNC(=O)C[NH+]1CCC[C@H]1c1nc2ccccc2s1. The Balaban J connectivity index is 1.39. The van der Waals surface area contributed by atoms with E-state index in [0.29, 0.717) is 19.1 Å². The van der Waals surface area contributed by atoms with Gasteiger partial charge in [0.1, 0.15) is 11.8 Å². The standard InChI is InChI=1S/C21H23N3O2S/c1-26-18-10-4-2-7-15(18)13-22-20(25)14-24-12-6-9-17(24)21-23-16-8-3-5-11-19(16)27-21/h2-5,7-8,10-11,17H,6,9,12-14H2,1H3,(H,22,25)/p+1/t17-/m0/s1. The van der Waals surface area contributed by atoms with Gasteiger partial charge in [0.25, 0.3) is 5.91 Å². The maximum atomic E-state index is 12.5. The number of fused-ring (bicyclic) bond motifs is 1. The van der Waals surface area contributed by atoms with E-state index in [2.05, 4.69) is 23.5 Å². The third-order valence-electron chi connectivity index (χ3n) is 5.15. The molecule has 5 nitrogen and oxygen atoms in total. The summed E-state index contributed by atoms with van der Waals surface area (Å²) in [4.78, 5) is 18.7. The Bertz CT molecular complexity index is 907. The highest BCUT2D eigenvalue weighted by Gasteiger charge is 2.33. The highest BCUT2D eigenvalue weighted by Crippen LogP contribution is 2.28. The molecule has 6 heteroatoms. The van der Waals surface area contributed by atoms with Gasteiger partial charge in [-0.1, -0.05) is 30.3 Å². The first kappa shape index (κ1) is 17.9. The maximum absolute atomic E-state index is 12.5. The van der Waals surface area contributed by atoms with Crippen LogP contribution in [0.5, 0.6) is 5.75 Å². The molecule has 140 valence electrons. The van der Waals surface area contributed by atoms with Crippen LogP contribution in [0.25, 0.3) is 10.2 Å². The molecule has 1 aliphatic rings. The van der Waals surface area contributed by atoms with Gasteiger partial charge in [0.05, 0.1) is 23.9 Å². The van der Waals surface area contributed by atoms with E-state index in [1.54, 1.807) is 18.4 Å². The number of rotatable bonds is 6. The average molecular weight is 383 g/mol. The maximum Gasteiger partial charge on any atom is 0.275 e. The first-order chi connectivity index (χ1) is 13.2. The summed E-state index contributed by atoms with van der Waals surface area (Å²) < 4.78 is 6.57. The molecule has 0 spiro atoms. The van der Waals surface area contributed by atoms with E-state index in [-0.39, 0.29) is 5.91 Å². The molecule has 2 aromatic carbocycles. The van der Waals surface area contributed by atoms with Gasteiger partial charge in [-0.05, 0) is 18.2 Å². The van der Waals surface area contributed by atoms with E-state index >= 15 is 0 Å². The molecule has 0 saturated carbocycles. The fourth-order valence-corrected chi connectivity index (χ4v) is 4.93. The molecule has 1 aliphatic heterocycles. The van der Waals surface area contributed by atoms with Crippen molar-refractivity contribution in [2.75, 3.05) is 20.2 Å². The largest absolute Gasteiger partial charge is 0.496 e. The minimum atomic E-state index is 0.0731. The topological polar surface area (TPSA) is 55.7 Å². The molecule has 1 fully saturated rings. The van der Waals surface area contributed by atoms with Crippen molar-refractivity contribution in [1.82, 2.24) is 10.3 Å². The van der Waals surface area contributed by atoms with Crippen LogP contribution in [0, 0.1) is 0 Å². The number of nitrogens with zero attached hydrogens (tertiary/aromatic N) is 1. The Morgan fingerprint density at radius 1 is 1.26 bits per heavy atom. The molecule has 1 saturated heterocycles. The highest BCUT2D eigenvalue weighted by atomic mass is 32.1. The van der Waals surface area contributed by atoms with E-state index < -0.39 is 0 Å².